The van der Waals surface area contributed by atoms with E-state index in [4.69, 9.17) is 32.9 Å². The van der Waals surface area contributed by atoms with Crippen LogP contribution in [0.1, 0.15) is 24.1 Å². The number of likely N-dealkylation sites (N-methyl/N-ethyl adjacent to an activating group) is 1. The van der Waals surface area contributed by atoms with Gasteiger partial charge in [0.05, 0.1) is 17.3 Å². The highest BCUT2D eigenvalue weighted by atomic mass is 35.5. The van der Waals surface area contributed by atoms with Gasteiger partial charge in [-0.3, -0.25) is 9.69 Å². The summed E-state index contributed by atoms with van der Waals surface area (Å²) in [5.41, 5.74) is 3.15. The molecule has 2 aromatic carbocycles. The summed E-state index contributed by atoms with van der Waals surface area (Å²) in [6.45, 7) is 15.8. The Kier molecular flexibility index (Phi) is 7.81. The molecule has 228 valence electrons. The zero-order chi connectivity index (χ0) is 30.4. The number of benzene rings is 2. The van der Waals surface area contributed by atoms with Crippen molar-refractivity contribution in [3.05, 3.63) is 76.8 Å². The third-order valence-electron chi connectivity index (χ3n) is 10.1. The molecule has 1 amide bonds. The molecule has 1 atom stereocenters. The predicted octanol–water partition coefficient (Wildman–Crippen LogP) is 4.69. The smallest absolute Gasteiger partial charge is 0.318 e. The van der Waals surface area contributed by atoms with Crippen LogP contribution < -0.4 is 14.5 Å². The molecule has 3 aliphatic carbocycles. The normalized spacial score (nSPS) is 23.9. The van der Waals surface area contributed by atoms with Gasteiger partial charge in [-0.05, 0) is 61.7 Å². The number of carbonyl (C=O) groups is 1. The summed E-state index contributed by atoms with van der Waals surface area (Å²) in [6, 6.07) is 13.2. The molecule has 4 fully saturated rings. The van der Waals surface area contributed by atoms with Gasteiger partial charge in [-0.25, -0.2) is 6.57 Å². The fraction of sp³-hybridized carbons (Fsp3) is 0.471. The lowest BCUT2D eigenvalue weighted by molar-refractivity contribution is -0.128. The molecule has 0 radical (unpaired) electrons. The third-order valence-corrected chi connectivity index (χ3v) is 10.4. The summed E-state index contributed by atoms with van der Waals surface area (Å²) in [7, 11) is 2.19. The van der Waals surface area contributed by atoms with Crippen molar-refractivity contribution in [2.75, 3.05) is 62.7 Å². The molecule has 44 heavy (non-hydrogen) atoms. The molecule has 0 unspecified atom stereocenters. The summed E-state index contributed by atoms with van der Waals surface area (Å²) >= 11 is 6.71. The average Bonchev–Trinajstić information content (AvgIpc) is 2.98. The topological polar surface area (TPSA) is 69.4 Å². The first-order chi connectivity index (χ1) is 21.4. The minimum Gasteiger partial charge on any atom is -0.462 e. The zero-order valence-corrected chi connectivity index (χ0v) is 25.9. The number of hydrogen-bond donors (Lipinski definition) is 0. The maximum atomic E-state index is 12.6. The minimum atomic E-state index is -0.234. The Hall–Kier alpha value is -3.87. The number of fused-ring (bicyclic) bond motifs is 2. The molecule has 2 aliphatic heterocycles. The van der Waals surface area contributed by atoms with Crippen molar-refractivity contribution in [3.63, 3.8) is 0 Å². The van der Waals surface area contributed by atoms with Crippen LogP contribution in [0.25, 0.3) is 15.6 Å². The van der Waals surface area contributed by atoms with Crippen molar-refractivity contribution in [2.45, 2.75) is 37.9 Å². The second kappa shape index (κ2) is 11.9. The molecule has 9 nitrogen and oxygen atoms in total. The largest absolute Gasteiger partial charge is 0.462 e. The molecule has 1 aromatic heterocycles. The van der Waals surface area contributed by atoms with Crippen LogP contribution in [0.15, 0.2) is 49.1 Å². The van der Waals surface area contributed by atoms with E-state index in [1.165, 1.54) is 18.9 Å². The quantitative estimate of drug-likeness (QED) is 0.257. The second-order valence-electron chi connectivity index (χ2n) is 12.5. The number of nitrogens with zero attached hydrogens (tertiary/aromatic N) is 7. The van der Waals surface area contributed by atoms with Gasteiger partial charge in [-0.2, -0.15) is 9.97 Å². The van der Waals surface area contributed by atoms with E-state index in [1.807, 2.05) is 12.1 Å². The molecular formula is C34H38ClN7O2. The van der Waals surface area contributed by atoms with E-state index < -0.39 is 0 Å². The van der Waals surface area contributed by atoms with Crippen LogP contribution in [0.5, 0.6) is 6.01 Å². The SMILES string of the molecule is [C-]#[N+]C[C@H]1CN(c2nc(OCCN(C)C3C4CC3C4)nc3c2CCN(c2cccc4cccc(Cl)c24)C3)CCN1C(=O)C=C. The molecule has 5 aliphatic rings. The number of piperazine rings is 1. The second-order valence-corrected chi connectivity index (χ2v) is 12.9. The van der Waals surface area contributed by atoms with Crippen molar-refractivity contribution >= 4 is 39.8 Å². The van der Waals surface area contributed by atoms with Crippen molar-refractivity contribution in [1.29, 1.82) is 0 Å². The predicted molar refractivity (Wildman–Crippen MR) is 173 cm³/mol. The number of anilines is 2. The summed E-state index contributed by atoms with van der Waals surface area (Å²) < 4.78 is 6.27. The first-order valence-corrected chi connectivity index (χ1v) is 16.0. The van der Waals surface area contributed by atoms with Gasteiger partial charge in [0.2, 0.25) is 12.5 Å². The third kappa shape index (κ3) is 5.14. The highest BCUT2D eigenvalue weighted by Gasteiger charge is 2.53. The van der Waals surface area contributed by atoms with Gasteiger partial charge in [-0.15, -0.1) is 0 Å². The van der Waals surface area contributed by atoms with E-state index in [2.05, 4.69) is 57.4 Å². The Morgan fingerprint density at radius 2 is 1.95 bits per heavy atom. The van der Waals surface area contributed by atoms with Crippen molar-refractivity contribution in [1.82, 2.24) is 19.8 Å². The van der Waals surface area contributed by atoms with E-state index >= 15 is 0 Å². The standard InChI is InChI=1S/C34H38ClN7O2/c1-4-30(43)42-14-13-41(20-25(42)19-36-2)33-26-11-12-40(29-10-6-8-22-7-5-9-27(35)31(22)29)21-28(26)37-34(38-33)44-16-15-39(3)32-23-17-24(32)18-23/h4-10,23-25,32H,1,11-21H2,3H3/t23?,24?,25-,32?/m0/s1. The highest BCUT2D eigenvalue weighted by Crippen LogP contribution is 2.55. The number of ether oxygens (including phenoxy) is 1. The molecule has 0 spiro atoms. The van der Waals surface area contributed by atoms with Crippen LogP contribution in [0.3, 0.4) is 0 Å². The van der Waals surface area contributed by atoms with Crippen LogP contribution in [0.4, 0.5) is 11.5 Å². The number of aromatic nitrogens is 2. The van der Waals surface area contributed by atoms with Gasteiger partial charge in [0.1, 0.15) is 18.5 Å². The fourth-order valence-electron chi connectivity index (χ4n) is 7.59. The summed E-state index contributed by atoms with van der Waals surface area (Å²) in [5, 5.41) is 2.90. The molecule has 3 saturated carbocycles. The molecule has 3 heterocycles. The lowest BCUT2D eigenvalue weighted by atomic mass is 9.51. The summed E-state index contributed by atoms with van der Waals surface area (Å²) in [4.78, 5) is 34.9. The van der Waals surface area contributed by atoms with Gasteiger partial charge < -0.3 is 24.3 Å². The molecule has 3 aromatic rings. The van der Waals surface area contributed by atoms with Gasteiger partial charge in [0.25, 0.3) is 0 Å². The van der Waals surface area contributed by atoms with Crippen LogP contribution in [0, 0.1) is 18.4 Å². The Bertz CT molecular complexity index is 1620. The lowest BCUT2D eigenvalue weighted by Crippen LogP contribution is -2.63. The maximum absolute atomic E-state index is 12.6. The first-order valence-electron chi connectivity index (χ1n) is 15.6. The van der Waals surface area contributed by atoms with Crippen LogP contribution >= 0.6 is 11.6 Å². The maximum Gasteiger partial charge on any atom is 0.318 e. The van der Waals surface area contributed by atoms with E-state index in [0.717, 1.165) is 69.9 Å². The Morgan fingerprint density at radius 1 is 1.16 bits per heavy atom. The molecule has 10 heteroatoms. The van der Waals surface area contributed by atoms with Gasteiger partial charge >= 0.3 is 6.01 Å². The number of amides is 1. The van der Waals surface area contributed by atoms with Crippen LogP contribution in [-0.4, -0.2) is 90.7 Å². The number of hydrogen-bond acceptors (Lipinski definition) is 7. The van der Waals surface area contributed by atoms with Crippen LogP contribution in [0.2, 0.25) is 5.02 Å². The first kappa shape index (κ1) is 28.9. The van der Waals surface area contributed by atoms with Crippen molar-refractivity contribution in [2.24, 2.45) is 11.8 Å². The molecule has 2 bridgehead atoms. The number of halogens is 1. The lowest BCUT2D eigenvalue weighted by Gasteiger charge is -2.61. The molecule has 8 rings (SSSR count). The molecule has 0 N–H and O–H groups in total. The Labute approximate surface area is 263 Å². The monoisotopic (exact) mass is 611 g/mol. The van der Waals surface area contributed by atoms with E-state index in [-0.39, 0.29) is 18.5 Å². The zero-order valence-electron chi connectivity index (χ0n) is 25.2. The highest BCUT2D eigenvalue weighted by molar-refractivity contribution is 6.36. The Balaban J connectivity index is 1.18. The van der Waals surface area contributed by atoms with E-state index in [1.54, 1.807) is 4.90 Å². The van der Waals surface area contributed by atoms with Gasteiger partial charge in [-0.1, -0.05) is 42.4 Å². The fourth-order valence-corrected chi connectivity index (χ4v) is 7.86. The van der Waals surface area contributed by atoms with E-state index in [0.29, 0.717) is 44.8 Å². The van der Waals surface area contributed by atoms with Gasteiger partial charge in [0, 0.05) is 55.4 Å². The number of carbonyl (C=O) groups excluding carboxylic acids is 1. The summed E-state index contributed by atoms with van der Waals surface area (Å²) in [5.74, 6) is 2.44. The average molecular weight is 612 g/mol. The minimum absolute atomic E-state index is 0.135. The van der Waals surface area contributed by atoms with Crippen LogP contribution in [-0.2, 0) is 17.8 Å². The van der Waals surface area contributed by atoms with Gasteiger partial charge in [0.15, 0.2) is 0 Å². The number of rotatable bonds is 9. The summed E-state index contributed by atoms with van der Waals surface area (Å²) in [6.07, 6.45) is 4.86. The van der Waals surface area contributed by atoms with E-state index in [9.17, 15) is 4.79 Å². The van der Waals surface area contributed by atoms with Crippen molar-refractivity contribution in [3.8, 4) is 6.01 Å². The van der Waals surface area contributed by atoms with Crippen molar-refractivity contribution < 1.29 is 9.53 Å². The molecular weight excluding hydrogens is 574 g/mol. The Morgan fingerprint density at radius 3 is 2.68 bits per heavy atom. The molecule has 1 saturated heterocycles.